The van der Waals surface area contributed by atoms with Gasteiger partial charge in [-0.05, 0) is 54.0 Å². The van der Waals surface area contributed by atoms with Gasteiger partial charge in [0.2, 0.25) is 5.96 Å². The SMILES string of the molecule is CCCCc1ccc(CN(C(N)=NN2CCSCC2)c2ccc(C(C)CC)cc2)cc1.Cl. The molecule has 3 rings (SSSR count). The van der Waals surface area contributed by atoms with Gasteiger partial charge in [0.15, 0.2) is 0 Å². The van der Waals surface area contributed by atoms with Crippen molar-refractivity contribution in [3.8, 4) is 0 Å². The van der Waals surface area contributed by atoms with E-state index in [4.69, 9.17) is 10.8 Å². The zero-order valence-electron chi connectivity index (χ0n) is 19.8. The van der Waals surface area contributed by atoms with Crippen LogP contribution in [-0.4, -0.2) is 35.6 Å². The van der Waals surface area contributed by atoms with Crippen LogP contribution in [0.25, 0.3) is 0 Å². The molecule has 0 aromatic heterocycles. The number of hydrazone groups is 1. The molecule has 1 aliphatic heterocycles. The van der Waals surface area contributed by atoms with E-state index in [9.17, 15) is 0 Å². The molecule has 6 heteroatoms. The van der Waals surface area contributed by atoms with E-state index in [1.165, 1.54) is 29.5 Å². The maximum Gasteiger partial charge on any atom is 0.218 e. The second-order valence-electron chi connectivity index (χ2n) is 8.43. The summed E-state index contributed by atoms with van der Waals surface area (Å²) in [6.45, 7) is 9.38. The third-order valence-electron chi connectivity index (χ3n) is 6.08. The number of anilines is 1. The molecule has 0 saturated carbocycles. The molecule has 0 amide bonds. The number of aryl methyl sites for hydroxylation is 1. The minimum absolute atomic E-state index is 0. The van der Waals surface area contributed by atoms with Gasteiger partial charge in [0, 0.05) is 30.3 Å². The van der Waals surface area contributed by atoms with Crippen LogP contribution in [-0.2, 0) is 13.0 Å². The van der Waals surface area contributed by atoms with Crippen LogP contribution in [0.15, 0.2) is 53.6 Å². The van der Waals surface area contributed by atoms with Crippen molar-refractivity contribution in [2.45, 2.75) is 58.9 Å². The molecule has 4 nitrogen and oxygen atoms in total. The van der Waals surface area contributed by atoms with Gasteiger partial charge in [0.05, 0.1) is 6.54 Å². The van der Waals surface area contributed by atoms with E-state index in [1.54, 1.807) is 0 Å². The van der Waals surface area contributed by atoms with Crippen LogP contribution in [0.4, 0.5) is 5.69 Å². The van der Waals surface area contributed by atoms with Crippen LogP contribution in [0.5, 0.6) is 0 Å². The third-order valence-corrected chi connectivity index (χ3v) is 7.02. The fourth-order valence-electron chi connectivity index (χ4n) is 3.75. The molecule has 1 saturated heterocycles. The lowest BCUT2D eigenvalue weighted by atomic mass is 9.98. The molecular formula is C26H39ClN4S. The summed E-state index contributed by atoms with van der Waals surface area (Å²) in [4.78, 5) is 2.14. The predicted octanol–water partition coefficient (Wildman–Crippen LogP) is 6.25. The van der Waals surface area contributed by atoms with Crippen molar-refractivity contribution in [2.75, 3.05) is 29.5 Å². The summed E-state index contributed by atoms with van der Waals surface area (Å²) in [6, 6.07) is 17.8. The molecule has 0 spiro atoms. The maximum atomic E-state index is 6.58. The van der Waals surface area contributed by atoms with Crippen molar-refractivity contribution < 1.29 is 0 Å². The third kappa shape index (κ3) is 7.63. The standard InChI is InChI=1S/C26H38N4S.ClH/c1-4-6-7-22-8-10-23(11-9-22)20-30(26(27)28-29-16-18-31-19-17-29)25-14-12-24(13-15-25)21(3)5-2;/h8-15,21H,4-7,16-20H2,1-3H3,(H2,27,28);1H. The number of guanidine groups is 1. The lowest BCUT2D eigenvalue weighted by molar-refractivity contribution is 0.319. The molecule has 1 aliphatic rings. The Morgan fingerprint density at radius 2 is 1.66 bits per heavy atom. The molecule has 1 unspecified atom stereocenters. The summed E-state index contributed by atoms with van der Waals surface area (Å²) in [5, 5.41) is 6.89. The number of unbranched alkanes of at least 4 members (excludes halogenated alkanes) is 1. The first-order valence-electron chi connectivity index (χ1n) is 11.7. The number of nitrogens with zero attached hydrogens (tertiary/aromatic N) is 3. The topological polar surface area (TPSA) is 44.9 Å². The number of hydrogen-bond acceptors (Lipinski definition) is 3. The highest BCUT2D eigenvalue weighted by atomic mass is 35.5. The maximum absolute atomic E-state index is 6.58. The number of hydrogen-bond donors (Lipinski definition) is 1. The second-order valence-corrected chi connectivity index (χ2v) is 9.66. The zero-order chi connectivity index (χ0) is 22.1. The second kappa shape index (κ2) is 13.6. The van der Waals surface area contributed by atoms with Gasteiger partial charge >= 0.3 is 0 Å². The zero-order valence-corrected chi connectivity index (χ0v) is 21.4. The van der Waals surface area contributed by atoms with E-state index in [0.29, 0.717) is 18.4 Å². The molecule has 2 aromatic rings. The highest BCUT2D eigenvalue weighted by Gasteiger charge is 2.16. The normalized spacial score (nSPS) is 15.2. The summed E-state index contributed by atoms with van der Waals surface area (Å²) in [6.07, 6.45) is 4.75. The molecule has 176 valence electrons. The van der Waals surface area contributed by atoms with Gasteiger partial charge in [-0.1, -0.05) is 63.6 Å². The minimum Gasteiger partial charge on any atom is -0.368 e. The van der Waals surface area contributed by atoms with E-state index >= 15 is 0 Å². The Morgan fingerprint density at radius 3 is 2.25 bits per heavy atom. The molecule has 32 heavy (non-hydrogen) atoms. The predicted molar refractivity (Wildman–Crippen MR) is 144 cm³/mol. The first kappa shape index (κ1) is 26.4. The van der Waals surface area contributed by atoms with Gasteiger partial charge in [-0.2, -0.15) is 11.8 Å². The highest BCUT2D eigenvalue weighted by Crippen LogP contribution is 2.24. The van der Waals surface area contributed by atoms with Gasteiger partial charge in [0.1, 0.15) is 0 Å². The molecule has 1 atom stereocenters. The molecule has 0 aliphatic carbocycles. The van der Waals surface area contributed by atoms with Crippen LogP contribution in [0.1, 0.15) is 62.6 Å². The Hall–Kier alpha value is -1.85. The Bertz CT molecular complexity index is 817. The number of nitrogens with two attached hydrogens (primary N) is 1. The monoisotopic (exact) mass is 474 g/mol. The number of halogens is 1. The number of rotatable bonds is 9. The fraction of sp³-hybridized carbons (Fsp3) is 0.500. The van der Waals surface area contributed by atoms with E-state index in [0.717, 1.165) is 43.1 Å². The van der Waals surface area contributed by atoms with Crippen molar-refractivity contribution >= 4 is 35.8 Å². The van der Waals surface area contributed by atoms with Gasteiger partial charge in [-0.3, -0.25) is 5.01 Å². The summed E-state index contributed by atoms with van der Waals surface area (Å²) >= 11 is 1.98. The molecule has 0 radical (unpaired) electrons. The smallest absolute Gasteiger partial charge is 0.218 e. The Morgan fingerprint density at radius 1 is 1.03 bits per heavy atom. The van der Waals surface area contributed by atoms with Crippen LogP contribution in [0.3, 0.4) is 0 Å². The van der Waals surface area contributed by atoms with Crippen molar-refractivity contribution in [1.82, 2.24) is 5.01 Å². The number of thioether (sulfide) groups is 1. The quantitative estimate of drug-likeness (QED) is 0.344. The van der Waals surface area contributed by atoms with Crippen molar-refractivity contribution in [3.05, 3.63) is 65.2 Å². The Balaban J connectivity index is 0.00000363. The van der Waals surface area contributed by atoms with Crippen LogP contribution >= 0.6 is 24.2 Å². The molecule has 1 fully saturated rings. The highest BCUT2D eigenvalue weighted by molar-refractivity contribution is 7.99. The van der Waals surface area contributed by atoms with Gasteiger partial charge in [-0.15, -0.1) is 17.5 Å². The Kier molecular flexibility index (Phi) is 11.3. The van der Waals surface area contributed by atoms with E-state index in [-0.39, 0.29) is 12.4 Å². The average Bonchev–Trinajstić information content (AvgIpc) is 2.82. The fourth-order valence-corrected chi connectivity index (χ4v) is 4.63. The minimum atomic E-state index is 0. The Labute approximate surface area is 205 Å². The average molecular weight is 475 g/mol. The van der Waals surface area contributed by atoms with Crippen molar-refractivity contribution in [3.63, 3.8) is 0 Å². The first-order chi connectivity index (χ1) is 15.1. The van der Waals surface area contributed by atoms with E-state index in [2.05, 4.69) is 79.2 Å². The van der Waals surface area contributed by atoms with E-state index in [1.807, 2.05) is 11.8 Å². The van der Waals surface area contributed by atoms with E-state index < -0.39 is 0 Å². The van der Waals surface area contributed by atoms with Crippen molar-refractivity contribution in [2.24, 2.45) is 10.8 Å². The molecular weight excluding hydrogens is 436 g/mol. The molecule has 1 heterocycles. The summed E-state index contributed by atoms with van der Waals surface area (Å²) in [5.74, 6) is 3.35. The molecule has 2 N–H and O–H groups in total. The summed E-state index contributed by atoms with van der Waals surface area (Å²) in [5.41, 5.74) is 11.7. The van der Waals surface area contributed by atoms with Crippen LogP contribution in [0, 0.1) is 0 Å². The van der Waals surface area contributed by atoms with Crippen molar-refractivity contribution in [1.29, 1.82) is 0 Å². The van der Waals surface area contributed by atoms with Crippen LogP contribution in [0.2, 0.25) is 0 Å². The van der Waals surface area contributed by atoms with Gasteiger partial charge < -0.3 is 10.6 Å². The largest absolute Gasteiger partial charge is 0.368 e. The molecule has 2 aromatic carbocycles. The summed E-state index contributed by atoms with van der Waals surface area (Å²) < 4.78 is 0. The van der Waals surface area contributed by atoms with Gasteiger partial charge in [0.25, 0.3) is 0 Å². The summed E-state index contributed by atoms with van der Waals surface area (Å²) in [7, 11) is 0. The van der Waals surface area contributed by atoms with Crippen LogP contribution < -0.4 is 10.6 Å². The lowest BCUT2D eigenvalue weighted by Gasteiger charge is -2.28. The lowest BCUT2D eigenvalue weighted by Crippen LogP contribution is -2.40. The molecule has 0 bridgehead atoms. The first-order valence-corrected chi connectivity index (χ1v) is 12.9. The van der Waals surface area contributed by atoms with Gasteiger partial charge in [-0.25, -0.2) is 0 Å². The number of benzene rings is 2.